The minimum Gasteiger partial charge on any atom is -0.368 e. The van der Waals surface area contributed by atoms with E-state index in [2.05, 4.69) is 15.0 Å². The van der Waals surface area contributed by atoms with Crippen molar-refractivity contribution in [3.8, 4) is 22.6 Å². The molecule has 0 saturated heterocycles. The highest BCUT2D eigenvalue weighted by Gasteiger charge is 2.27. The molecule has 0 spiro atoms. The van der Waals surface area contributed by atoms with Gasteiger partial charge in [-0.1, -0.05) is 12.1 Å². The zero-order valence-electron chi connectivity index (χ0n) is 19.1. The van der Waals surface area contributed by atoms with Crippen molar-refractivity contribution >= 4 is 33.2 Å². The average Bonchev–Trinajstić information content (AvgIpc) is 3.23. The SMILES string of the molecule is NC(=O)c1ccn2c(-c3ccnc(N)n3)c(-c3cccc(NS(=O)(=O)c4c(F)cccc4F)c3F)nc2c1. The van der Waals surface area contributed by atoms with Gasteiger partial charge in [-0.2, -0.15) is 0 Å². The lowest BCUT2D eigenvalue weighted by atomic mass is 10.1. The molecule has 5 rings (SSSR count). The molecule has 0 aliphatic carbocycles. The maximum Gasteiger partial charge on any atom is 0.267 e. The molecule has 0 fully saturated rings. The smallest absolute Gasteiger partial charge is 0.267 e. The van der Waals surface area contributed by atoms with E-state index in [4.69, 9.17) is 11.5 Å². The molecule has 0 aliphatic rings. The summed E-state index contributed by atoms with van der Waals surface area (Å²) in [6.07, 6.45) is 2.85. The Balaban J connectivity index is 1.70. The summed E-state index contributed by atoms with van der Waals surface area (Å²) in [5, 5.41) is 0. The van der Waals surface area contributed by atoms with Crippen LogP contribution in [0, 0.1) is 17.5 Å². The van der Waals surface area contributed by atoms with Gasteiger partial charge in [0.05, 0.1) is 17.1 Å². The summed E-state index contributed by atoms with van der Waals surface area (Å²) in [7, 11) is -4.86. The van der Waals surface area contributed by atoms with Crippen LogP contribution >= 0.6 is 0 Å². The third-order valence-corrected chi connectivity index (χ3v) is 6.93. The lowest BCUT2D eigenvalue weighted by Gasteiger charge is -2.12. The number of nitrogens with one attached hydrogen (secondary N) is 1. The number of primary amides is 1. The molecule has 5 aromatic rings. The highest BCUT2D eigenvalue weighted by atomic mass is 32.2. The first kappa shape index (κ1) is 24.7. The third kappa shape index (κ3) is 4.26. The Bertz CT molecular complexity index is 1840. The lowest BCUT2D eigenvalue weighted by Crippen LogP contribution is -2.17. The van der Waals surface area contributed by atoms with E-state index in [1.54, 1.807) is 0 Å². The zero-order chi connectivity index (χ0) is 27.2. The lowest BCUT2D eigenvalue weighted by molar-refractivity contribution is 0.1000. The van der Waals surface area contributed by atoms with Gasteiger partial charge in [-0.05, 0) is 42.5 Å². The number of halogens is 3. The second kappa shape index (κ2) is 9.15. The normalized spacial score (nSPS) is 11.6. The highest BCUT2D eigenvalue weighted by molar-refractivity contribution is 7.92. The van der Waals surface area contributed by atoms with Crippen LogP contribution in [0.2, 0.25) is 0 Å². The number of benzene rings is 2. The minimum absolute atomic E-state index is 0.000315. The van der Waals surface area contributed by atoms with E-state index in [0.29, 0.717) is 0 Å². The fourth-order valence-electron chi connectivity index (χ4n) is 3.86. The van der Waals surface area contributed by atoms with Gasteiger partial charge in [-0.15, -0.1) is 0 Å². The zero-order valence-corrected chi connectivity index (χ0v) is 19.9. The summed E-state index contributed by atoms with van der Waals surface area (Å²) >= 11 is 0. The maximum atomic E-state index is 15.8. The van der Waals surface area contributed by atoms with Crippen molar-refractivity contribution in [2.75, 3.05) is 10.5 Å². The topological polar surface area (TPSA) is 158 Å². The van der Waals surface area contributed by atoms with Crippen LogP contribution in [0.1, 0.15) is 10.4 Å². The summed E-state index contributed by atoms with van der Waals surface area (Å²) in [5.74, 6) is -4.57. The number of anilines is 2. The summed E-state index contributed by atoms with van der Waals surface area (Å²) < 4.78 is 73.1. The van der Waals surface area contributed by atoms with Crippen molar-refractivity contribution in [3.63, 3.8) is 0 Å². The van der Waals surface area contributed by atoms with Crippen LogP contribution in [0.15, 0.2) is 71.9 Å². The summed E-state index contributed by atoms with van der Waals surface area (Å²) in [6, 6.07) is 10.6. The Morgan fingerprint density at radius 3 is 2.37 bits per heavy atom. The van der Waals surface area contributed by atoms with Gasteiger partial charge in [0.2, 0.25) is 11.9 Å². The van der Waals surface area contributed by atoms with Crippen LogP contribution < -0.4 is 16.2 Å². The first-order chi connectivity index (χ1) is 18.1. The van der Waals surface area contributed by atoms with Gasteiger partial charge < -0.3 is 11.5 Å². The second-order valence-electron chi connectivity index (χ2n) is 7.94. The fraction of sp³-hybridized carbons (Fsp3) is 0. The van der Waals surface area contributed by atoms with Crippen molar-refractivity contribution in [3.05, 3.63) is 90.0 Å². The van der Waals surface area contributed by atoms with Gasteiger partial charge in [0, 0.05) is 23.5 Å². The Hall–Kier alpha value is -4.98. The van der Waals surface area contributed by atoms with E-state index in [9.17, 15) is 22.0 Å². The molecule has 10 nitrogen and oxygen atoms in total. The van der Waals surface area contributed by atoms with Crippen molar-refractivity contribution in [1.82, 2.24) is 19.4 Å². The van der Waals surface area contributed by atoms with Crippen LogP contribution in [-0.2, 0) is 10.0 Å². The van der Waals surface area contributed by atoms with Crippen LogP contribution in [0.4, 0.5) is 24.8 Å². The van der Waals surface area contributed by atoms with Gasteiger partial charge in [0.15, 0.2) is 10.7 Å². The number of sulfonamides is 1. The Morgan fingerprint density at radius 2 is 1.68 bits per heavy atom. The third-order valence-electron chi connectivity index (χ3n) is 5.51. The molecule has 0 saturated carbocycles. The molecule has 192 valence electrons. The molecule has 0 atom stereocenters. The molecule has 1 amide bonds. The van der Waals surface area contributed by atoms with E-state index < -0.39 is 44.0 Å². The molecule has 5 N–H and O–H groups in total. The fourth-order valence-corrected chi connectivity index (χ4v) is 5.06. The number of carbonyl (C=O) groups is 1. The van der Waals surface area contributed by atoms with E-state index >= 15 is 4.39 Å². The van der Waals surface area contributed by atoms with Gasteiger partial charge in [0.1, 0.15) is 23.0 Å². The number of nitrogens with zero attached hydrogens (tertiary/aromatic N) is 4. The van der Waals surface area contributed by atoms with Crippen LogP contribution in [0.5, 0.6) is 0 Å². The second-order valence-corrected chi connectivity index (χ2v) is 9.56. The number of pyridine rings is 1. The van der Waals surface area contributed by atoms with E-state index in [-0.39, 0.29) is 39.8 Å². The summed E-state index contributed by atoms with van der Waals surface area (Å²) in [5.41, 5.74) is 11.2. The number of carbonyl (C=O) groups excluding carboxylic acids is 1. The number of amides is 1. The molecule has 14 heteroatoms. The van der Waals surface area contributed by atoms with Crippen molar-refractivity contribution in [2.45, 2.75) is 4.90 Å². The largest absolute Gasteiger partial charge is 0.368 e. The van der Waals surface area contributed by atoms with Crippen LogP contribution in [0.25, 0.3) is 28.3 Å². The average molecular weight is 539 g/mol. The minimum atomic E-state index is -4.86. The molecule has 0 aliphatic heterocycles. The van der Waals surface area contributed by atoms with Gasteiger partial charge in [-0.25, -0.2) is 36.5 Å². The molecule has 0 radical (unpaired) electrons. The molecule has 3 heterocycles. The number of hydrogen-bond acceptors (Lipinski definition) is 7. The van der Waals surface area contributed by atoms with Crippen LogP contribution in [-0.4, -0.2) is 33.7 Å². The predicted molar refractivity (Wildman–Crippen MR) is 132 cm³/mol. The number of nitrogen functional groups attached to an aromatic ring is 1. The Kier molecular flexibility index (Phi) is 5.95. The number of imidazole rings is 1. The first-order valence-electron chi connectivity index (χ1n) is 10.7. The Morgan fingerprint density at radius 1 is 0.974 bits per heavy atom. The summed E-state index contributed by atoms with van der Waals surface area (Å²) in [6.45, 7) is 0. The van der Waals surface area contributed by atoms with Gasteiger partial charge >= 0.3 is 0 Å². The van der Waals surface area contributed by atoms with Gasteiger partial charge in [0.25, 0.3) is 10.0 Å². The van der Waals surface area contributed by atoms with Crippen molar-refractivity contribution in [1.29, 1.82) is 0 Å². The van der Waals surface area contributed by atoms with E-state index in [0.717, 1.165) is 24.3 Å². The molecule has 38 heavy (non-hydrogen) atoms. The molecule has 3 aromatic heterocycles. The molecule has 0 bridgehead atoms. The monoisotopic (exact) mass is 539 g/mol. The summed E-state index contributed by atoms with van der Waals surface area (Å²) in [4.78, 5) is 22.9. The maximum absolute atomic E-state index is 15.8. The standard InChI is InChI=1S/C24H16F3N7O3S/c25-14-4-2-5-15(26)22(14)38(36,37)33-16-6-1-3-13(19(16)27)20-21(17-7-9-30-24(29)31-17)34-10-8-12(23(28)35)11-18(34)32-20/h1-11,33H,(H2,28,35)(H2,29,30,31). The first-order valence-corrected chi connectivity index (χ1v) is 12.2. The molecule has 0 unspecified atom stereocenters. The number of aromatic nitrogens is 4. The molecular formula is C24H16F3N7O3S. The van der Waals surface area contributed by atoms with E-state index in [1.165, 1.54) is 47.1 Å². The Labute approximate surface area is 212 Å². The van der Waals surface area contributed by atoms with Crippen molar-refractivity contribution < 1.29 is 26.4 Å². The predicted octanol–water partition coefficient (Wildman–Crippen LogP) is 3.36. The van der Waals surface area contributed by atoms with E-state index in [1.807, 2.05) is 4.72 Å². The number of nitrogens with two attached hydrogens (primary N) is 2. The number of rotatable bonds is 6. The number of hydrogen-bond donors (Lipinski definition) is 3. The number of fused-ring (bicyclic) bond motifs is 1. The molecular weight excluding hydrogens is 523 g/mol. The van der Waals surface area contributed by atoms with Gasteiger partial charge in [-0.3, -0.25) is 13.9 Å². The highest BCUT2D eigenvalue weighted by Crippen LogP contribution is 2.36. The van der Waals surface area contributed by atoms with Crippen LogP contribution in [0.3, 0.4) is 0 Å². The van der Waals surface area contributed by atoms with Crippen molar-refractivity contribution in [2.24, 2.45) is 5.73 Å². The molecule has 2 aromatic carbocycles. The quantitative estimate of drug-likeness (QED) is 0.298.